The highest BCUT2D eigenvalue weighted by atomic mass is 32.2. The average molecular weight is 502 g/mol. The fourth-order valence-corrected chi connectivity index (χ4v) is 5.08. The molecule has 0 saturated carbocycles. The number of thioether (sulfide) groups is 1. The number of Topliss-reactive ketones (excluding diaryl/α,β-unsaturated/α-hetero) is 1. The van der Waals surface area contributed by atoms with Crippen molar-refractivity contribution < 1.29 is 33.4 Å². The van der Waals surface area contributed by atoms with E-state index in [1.807, 2.05) is 13.8 Å². The second-order valence-electron chi connectivity index (χ2n) is 8.53. The SMILES string of the molecule is CCSCCOC(=O)C1=C(C)NC2=C(C(=O)[C@@H](C(=O)OC)[C@H](C)C2)[C@@H]1c1ccc(OC(C)=O)cc1. The Hall–Kier alpha value is -3.07. The molecule has 0 spiro atoms. The highest BCUT2D eigenvalue weighted by Crippen LogP contribution is 2.45. The van der Waals surface area contributed by atoms with E-state index in [1.54, 1.807) is 43.0 Å². The summed E-state index contributed by atoms with van der Waals surface area (Å²) in [6.45, 7) is 7.20. The van der Waals surface area contributed by atoms with Crippen LogP contribution in [0.25, 0.3) is 0 Å². The normalized spacial score (nSPS) is 21.7. The van der Waals surface area contributed by atoms with Crippen molar-refractivity contribution >= 4 is 35.5 Å². The van der Waals surface area contributed by atoms with Crippen LogP contribution in [0.5, 0.6) is 5.75 Å². The molecule has 1 aliphatic carbocycles. The molecule has 0 bridgehead atoms. The lowest BCUT2D eigenvalue weighted by Crippen LogP contribution is -2.43. The molecule has 1 aliphatic heterocycles. The quantitative estimate of drug-likeness (QED) is 0.248. The molecule has 1 heterocycles. The monoisotopic (exact) mass is 501 g/mol. The van der Waals surface area contributed by atoms with Crippen LogP contribution in [0.15, 0.2) is 46.8 Å². The molecule has 0 unspecified atom stereocenters. The molecular weight excluding hydrogens is 470 g/mol. The van der Waals surface area contributed by atoms with Crippen molar-refractivity contribution in [1.82, 2.24) is 5.32 Å². The van der Waals surface area contributed by atoms with Gasteiger partial charge in [0.05, 0.1) is 12.7 Å². The summed E-state index contributed by atoms with van der Waals surface area (Å²) >= 11 is 1.66. The fraction of sp³-hybridized carbons (Fsp3) is 0.462. The zero-order valence-corrected chi connectivity index (χ0v) is 21.5. The molecule has 3 atom stereocenters. The van der Waals surface area contributed by atoms with Gasteiger partial charge in [0.25, 0.3) is 0 Å². The van der Waals surface area contributed by atoms with Crippen LogP contribution in [0.1, 0.15) is 45.6 Å². The van der Waals surface area contributed by atoms with E-state index in [4.69, 9.17) is 14.2 Å². The number of nitrogens with one attached hydrogen (secondary N) is 1. The van der Waals surface area contributed by atoms with E-state index in [-0.39, 0.29) is 18.3 Å². The number of ketones is 1. The molecule has 1 aromatic carbocycles. The van der Waals surface area contributed by atoms with Crippen molar-refractivity contribution in [2.45, 2.75) is 40.0 Å². The topological polar surface area (TPSA) is 108 Å². The maximum Gasteiger partial charge on any atom is 0.336 e. The maximum atomic E-state index is 13.7. The Balaban J connectivity index is 2.06. The van der Waals surface area contributed by atoms with Crippen LogP contribution in [0.3, 0.4) is 0 Å². The van der Waals surface area contributed by atoms with Crippen LogP contribution in [0.4, 0.5) is 0 Å². The van der Waals surface area contributed by atoms with Gasteiger partial charge in [-0.3, -0.25) is 14.4 Å². The predicted molar refractivity (Wildman–Crippen MR) is 132 cm³/mol. The number of dihydropyridines is 1. The zero-order chi connectivity index (χ0) is 25.7. The van der Waals surface area contributed by atoms with Crippen molar-refractivity contribution in [1.29, 1.82) is 0 Å². The Bertz CT molecular complexity index is 1070. The number of hydrogen-bond acceptors (Lipinski definition) is 9. The minimum atomic E-state index is -0.958. The Kier molecular flexibility index (Phi) is 8.77. The van der Waals surface area contributed by atoms with E-state index in [1.165, 1.54) is 14.0 Å². The third-order valence-electron chi connectivity index (χ3n) is 6.10. The first-order valence-electron chi connectivity index (χ1n) is 11.6. The van der Waals surface area contributed by atoms with Gasteiger partial charge in [-0.2, -0.15) is 11.8 Å². The number of benzene rings is 1. The van der Waals surface area contributed by atoms with E-state index in [2.05, 4.69) is 5.32 Å². The fourth-order valence-electron chi connectivity index (χ4n) is 4.59. The van der Waals surface area contributed by atoms with Gasteiger partial charge in [-0.05, 0) is 42.7 Å². The molecule has 2 aliphatic rings. The molecule has 9 heteroatoms. The van der Waals surface area contributed by atoms with Gasteiger partial charge in [-0.1, -0.05) is 26.0 Å². The van der Waals surface area contributed by atoms with Crippen LogP contribution in [0, 0.1) is 11.8 Å². The molecule has 0 radical (unpaired) electrons. The van der Waals surface area contributed by atoms with E-state index in [0.29, 0.717) is 46.0 Å². The van der Waals surface area contributed by atoms with Gasteiger partial charge in [0, 0.05) is 35.6 Å². The van der Waals surface area contributed by atoms with Crippen LogP contribution < -0.4 is 10.1 Å². The van der Waals surface area contributed by atoms with Gasteiger partial charge in [-0.25, -0.2) is 4.79 Å². The number of methoxy groups -OCH3 is 1. The van der Waals surface area contributed by atoms with Gasteiger partial charge in [0.1, 0.15) is 18.3 Å². The molecule has 0 aromatic heterocycles. The molecule has 1 aromatic rings. The van der Waals surface area contributed by atoms with Crippen molar-refractivity contribution in [3.05, 3.63) is 52.4 Å². The lowest BCUT2D eigenvalue weighted by Gasteiger charge is -2.38. The zero-order valence-electron chi connectivity index (χ0n) is 20.6. The molecule has 8 nitrogen and oxygen atoms in total. The van der Waals surface area contributed by atoms with Gasteiger partial charge in [-0.15, -0.1) is 0 Å². The first kappa shape index (κ1) is 26.5. The summed E-state index contributed by atoms with van der Waals surface area (Å²) in [6, 6.07) is 6.65. The Labute approximate surface area is 209 Å². The third kappa shape index (κ3) is 5.78. The Morgan fingerprint density at radius 3 is 2.46 bits per heavy atom. The van der Waals surface area contributed by atoms with Gasteiger partial charge in [0.2, 0.25) is 0 Å². The van der Waals surface area contributed by atoms with Crippen molar-refractivity contribution in [3.63, 3.8) is 0 Å². The summed E-state index contributed by atoms with van der Waals surface area (Å²) in [7, 11) is 1.26. The standard InChI is InChI=1S/C26H31NO7S/c1-6-35-12-11-33-26(31)21-15(3)27-19-13-14(2)20(25(30)32-5)24(29)23(19)22(21)17-7-9-18(10-8-17)34-16(4)28/h7-10,14,20,22,27H,6,11-13H2,1-5H3/t14-,20+,22-/m1/s1. The second kappa shape index (κ2) is 11.6. The molecule has 1 N–H and O–H groups in total. The van der Waals surface area contributed by atoms with Crippen molar-refractivity contribution in [2.24, 2.45) is 11.8 Å². The Morgan fingerprint density at radius 1 is 1.17 bits per heavy atom. The summed E-state index contributed by atoms with van der Waals surface area (Å²) in [5.41, 5.74) is 2.61. The minimum Gasteiger partial charge on any atom is -0.468 e. The number of carbonyl (C=O) groups excluding carboxylic acids is 4. The first-order chi connectivity index (χ1) is 16.7. The number of ether oxygens (including phenoxy) is 3. The molecule has 3 rings (SSSR count). The van der Waals surface area contributed by atoms with Crippen LogP contribution >= 0.6 is 11.8 Å². The molecule has 0 amide bonds. The highest BCUT2D eigenvalue weighted by molar-refractivity contribution is 7.99. The summed E-state index contributed by atoms with van der Waals surface area (Å²) in [5, 5.41) is 3.24. The summed E-state index contributed by atoms with van der Waals surface area (Å²) < 4.78 is 15.6. The first-order valence-corrected chi connectivity index (χ1v) is 12.7. The smallest absolute Gasteiger partial charge is 0.336 e. The summed E-state index contributed by atoms with van der Waals surface area (Å²) in [6.07, 6.45) is 0.454. The van der Waals surface area contributed by atoms with Crippen molar-refractivity contribution in [2.75, 3.05) is 25.2 Å². The highest BCUT2D eigenvalue weighted by Gasteiger charge is 2.47. The van der Waals surface area contributed by atoms with Crippen LogP contribution in [-0.2, 0) is 28.7 Å². The molecule has 188 valence electrons. The van der Waals surface area contributed by atoms with E-state index in [9.17, 15) is 19.2 Å². The van der Waals surface area contributed by atoms with Crippen LogP contribution in [0.2, 0.25) is 0 Å². The average Bonchev–Trinajstić information content (AvgIpc) is 2.80. The number of esters is 3. The van der Waals surface area contributed by atoms with E-state index < -0.39 is 29.7 Å². The molecule has 0 fully saturated rings. The van der Waals surface area contributed by atoms with E-state index in [0.717, 1.165) is 5.75 Å². The number of hydrogen-bond donors (Lipinski definition) is 1. The largest absolute Gasteiger partial charge is 0.468 e. The predicted octanol–water partition coefficient (Wildman–Crippen LogP) is 3.52. The number of allylic oxidation sites excluding steroid dienone is 3. The van der Waals surface area contributed by atoms with Gasteiger partial charge in [0.15, 0.2) is 5.78 Å². The molecule has 0 saturated heterocycles. The number of carbonyl (C=O) groups is 4. The molecule has 35 heavy (non-hydrogen) atoms. The summed E-state index contributed by atoms with van der Waals surface area (Å²) in [4.78, 5) is 50.8. The van der Waals surface area contributed by atoms with E-state index >= 15 is 0 Å². The van der Waals surface area contributed by atoms with Gasteiger partial charge < -0.3 is 19.5 Å². The van der Waals surface area contributed by atoms with Crippen LogP contribution in [-0.4, -0.2) is 48.9 Å². The minimum absolute atomic E-state index is 0.244. The lowest BCUT2D eigenvalue weighted by molar-refractivity contribution is -0.151. The van der Waals surface area contributed by atoms with Crippen molar-refractivity contribution in [3.8, 4) is 5.75 Å². The molecular formula is C26H31NO7S. The van der Waals surface area contributed by atoms with Gasteiger partial charge >= 0.3 is 17.9 Å². The Morgan fingerprint density at radius 2 is 1.86 bits per heavy atom. The lowest BCUT2D eigenvalue weighted by atomic mass is 9.69. The number of rotatable bonds is 8. The maximum absolute atomic E-state index is 13.7. The third-order valence-corrected chi connectivity index (χ3v) is 6.97. The second-order valence-corrected chi connectivity index (χ2v) is 9.92. The summed E-state index contributed by atoms with van der Waals surface area (Å²) in [5.74, 6) is -1.97.